The average Bonchev–Trinajstić information content (AvgIpc) is 3.06. The molecular formula is C38H48OSi2. The van der Waals surface area contributed by atoms with Crippen LogP contribution in [0.2, 0.25) is 12.1 Å². The van der Waals surface area contributed by atoms with Crippen molar-refractivity contribution in [2.24, 2.45) is 0 Å². The minimum absolute atomic E-state index is 0.941. The molecule has 0 atom stereocenters. The van der Waals surface area contributed by atoms with Gasteiger partial charge in [-0.1, -0.05) is 174 Å². The van der Waals surface area contributed by atoms with Gasteiger partial charge >= 0.3 is 0 Å². The molecule has 0 saturated carbocycles. The van der Waals surface area contributed by atoms with Gasteiger partial charge in [-0.15, -0.1) is 12.3 Å². The summed E-state index contributed by atoms with van der Waals surface area (Å²) in [7, 11) is -5.12. The molecule has 0 heterocycles. The lowest BCUT2D eigenvalue weighted by Crippen LogP contribution is -2.72. The van der Waals surface area contributed by atoms with E-state index >= 15 is 0 Å². The van der Waals surface area contributed by atoms with Gasteiger partial charge in [0.2, 0.25) is 16.6 Å². The minimum atomic E-state index is -2.56. The van der Waals surface area contributed by atoms with E-state index in [2.05, 4.69) is 148 Å². The lowest BCUT2D eigenvalue weighted by atomic mass is 10.3. The monoisotopic (exact) mass is 576 g/mol. The molecule has 0 spiro atoms. The maximum Gasteiger partial charge on any atom is 0.245 e. The van der Waals surface area contributed by atoms with Gasteiger partial charge in [-0.2, -0.15) is 0 Å². The molecule has 4 aromatic carbocycles. The smallest absolute Gasteiger partial charge is 0.245 e. The number of hydrogen-bond acceptors (Lipinski definition) is 1. The lowest BCUT2D eigenvalue weighted by Gasteiger charge is -2.44. The van der Waals surface area contributed by atoms with E-state index in [0.29, 0.717) is 0 Å². The standard InChI is InChI=1S/C32H38OSi2.C6H10/c1-3-5-27-34(29-19-11-7-12-20-29,30-21-13-8-14-22-30)33-35(28-6-4-2,31-23-15-9-16-24-31)32-25-17-10-18-26-32;1-3-5-6-4-2/h7-26H,3-6,27-28H2,1-2H3;1H,4-6H2,2H3. The van der Waals surface area contributed by atoms with E-state index in [1.165, 1.54) is 33.6 Å². The summed E-state index contributed by atoms with van der Waals surface area (Å²) >= 11 is 0. The number of hydrogen-bond donors (Lipinski definition) is 0. The summed E-state index contributed by atoms with van der Waals surface area (Å²) in [5.41, 5.74) is 0. The van der Waals surface area contributed by atoms with Gasteiger partial charge < -0.3 is 4.12 Å². The van der Waals surface area contributed by atoms with Crippen LogP contribution >= 0.6 is 0 Å². The third kappa shape index (κ3) is 8.66. The predicted octanol–water partition coefficient (Wildman–Crippen LogP) is 7.93. The SMILES string of the molecule is C#CCCCC.CCCC[Si](O[Si](CCCC)(c1ccccc1)c1ccccc1)(c1ccccc1)c1ccccc1. The maximum atomic E-state index is 8.05. The highest BCUT2D eigenvalue weighted by molar-refractivity contribution is 7.09. The number of terminal acetylenes is 1. The summed E-state index contributed by atoms with van der Waals surface area (Å²) in [4.78, 5) is 0. The van der Waals surface area contributed by atoms with Crippen molar-refractivity contribution in [2.45, 2.75) is 77.8 Å². The Bertz CT molecular complexity index is 1100. The summed E-state index contributed by atoms with van der Waals surface area (Å²) in [6.45, 7) is 6.73. The molecule has 214 valence electrons. The second kappa shape index (κ2) is 17.6. The fourth-order valence-corrected chi connectivity index (χ4v) is 17.0. The number of unbranched alkanes of at least 4 members (excludes halogenated alkanes) is 4. The Kier molecular flexibility index (Phi) is 13.9. The van der Waals surface area contributed by atoms with E-state index < -0.39 is 16.6 Å². The van der Waals surface area contributed by atoms with Crippen LogP contribution < -0.4 is 20.7 Å². The van der Waals surface area contributed by atoms with Crippen LogP contribution in [0.25, 0.3) is 0 Å². The molecule has 3 heteroatoms. The summed E-state index contributed by atoms with van der Waals surface area (Å²) in [6, 6.07) is 46.8. The summed E-state index contributed by atoms with van der Waals surface area (Å²) in [5.74, 6) is 2.57. The topological polar surface area (TPSA) is 9.23 Å². The quantitative estimate of drug-likeness (QED) is 0.0841. The molecule has 0 aliphatic carbocycles. The largest absolute Gasteiger partial charge is 0.442 e. The molecule has 41 heavy (non-hydrogen) atoms. The fourth-order valence-electron chi connectivity index (χ4n) is 5.51. The van der Waals surface area contributed by atoms with Crippen molar-refractivity contribution >= 4 is 37.4 Å². The van der Waals surface area contributed by atoms with Crippen molar-refractivity contribution in [3.05, 3.63) is 121 Å². The van der Waals surface area contributed by atoms with Gasteiger partial charge in [0.15, 0.2) is 0 Å². The van der Waals surface area contributed by atoms with Crippen molar-refractivity contribution < 1.29 is 4.12 Å². The summed E-state index contributed by atoms with van der Waals surface area (Å²) in [5, 5.41) is 5.56. The Balaban J connectivity index is 0.000000696. The molecule has 0 saturated heterocycles. The van der Waals surface area contributed by atoms with Crippen LogP contribution in [0.4, 0.5) is 0 Å². The van der Waals surface area contributed by atoms with Crippen molar-refractivity contribution in [3.8, 4) is 12.3 Å². The zero-order valence-corrected chi connectivity index (χ0v) is 27.4. The fraction of sp³-hybridized carbons (Fsp3) is 0.316. The molecule has 0 bridgehead atoms. The molecule has 0 aromatic heterocycles. The molecule has 4 aromatic rings. The van der Waals surface area contributed by atoms with Gasteiger partial charge in [-0.25, -0.2) is 0 Å². The minimum Gasteiger partial charge on any atom is -0.442 e. The number of benzene rings is 4. The molecule has 0 fully saturated rings. The zero-order valence-electron chi connectivity index (χ0n) is 25.4. The first-order valence-electron chi connectivity index (χ1n) is 15.5. The molecule has 0 amide bonds. The molecule has 0 aliphatic rings. The normalized spacial score (nSPS) is 11.3. The molecular weight excluding hydrogens is 529 g/mol. The van der Waals surface area contributed by atoms with Crippen molar-refractivity contribution in [1.82, 2.24) is 0 Å². The van der Waals surface area contributed by atoms with Gasteiger partial charge in [0.25, 0.3) is 0 Å². The highest BCUT2D eigenvalue weighted by atomic mass is 28.4. The predicted molar refractivity (Wildman–Crippen MR) is 185 cm³/mol. The van der Waals surface area contributed by atoms with Gasteiger partial charge in [0.05, 0.1) is 0 Å². The Labute approximate surface area is 252 Å². The Morgan fingerprint density at radius 2 is 0.780 bits per heavy atom. The van der Waals surface area contributed by atoms with E-state index in [1.807, 2.05) is 0 Å². The molecule has 1 nitrogen and oxygen atoms in total. The van der Waals surface area contributed by atoms with E-state index in [0.717, 1.165) is 44.2 Å². The molecule has 0 radical (unpaired) electrons. The van der Waals surface area contributed by atoms with Crippen LogP contribution in [-0.4, -0.2) is 16.6 Å². The highest BCUT2D eigenvalue weighted by Gasteiger charge is 2.49. The van der Waals surface area contributed by atoms with Crippen molar-refractivity contribution in [2.75, 3.05) is 0 Å². The highest BCUT2D eigenvalue weighted by Crippen LogP contribution is 2.26. The Morgan fingerprint density at radius 1 is 0.488 bits per heavy atom. The summed E-state index contributed by atoms with van der Waals surface area (Å²) < 4.78 is 8.05. The lowest BCUT2D eigenvalue weighted by molar-refractivity contribution is 0.556. The van der Waals surface area contributed by atoms with Crippen LogP contribution in [0.15, 0.2) is 121 Å². The maximum absolute atomic E-state index is 8.05. The molecule has 0 N–H and O–H groups in total. The van der Waals surface area contributed by atoms with Gasteiger partial charge in [0.1, 0.15) is 0 Å². The van der Waals surface area contributed by atoms with Gasteiger partial charge in [-0.05, 0) is 39.3 Å². The summed E-state index contributed by atoms with van der Waals surface area (Å²) in [6.07, 6.45) is 13.0. The zero-order chi connectivity index (χ0) is 29.2. The first-order valence-corrected chi connectivity index (χ1v) is 19.8. The van der Waals surface area contributed by atoms with Crippen LogP contribution in [0, 0.1) is 12.3 Å². The average molecular weight is 577 g/mol. The third-order valence-corrected chi connectivity index (χ3v) is 17.7. The van der Waals surface area contributed by atoms with Crippen molar-refractivity contribution in [1.29, 1.82) is 0 Å². The van der Waals surface area contributed by atoms with E-state index in [9.17, 15) is 0 Å². The first kappa shape index (κ1) is 32.3. The Morgan fingerprint density at radius 3 is 1.00 bits per heavy atom. The molecule has 0 unspecified atom stereocenters. The van der Waals surface area contributed by atoms with E-state index in [-0.39, 0.29) is 0 Å². The molecule has 4 rings (SSSR count). The number of rotatable bonds is 14. The third-order valence-electron chi connectivity index (χ3n) is 7.75. The van der Waals surface area contributed by atoms with Crippen LogP contribution in [0.3, 0.4) is 0 Å². The van der Waals surface area contributed by atoms with E-state index in [4.69, 9.17) is 10.5 Å². The van der Waals surface area contributed by atoms with Crippen molar-refractivity contribution in [3.63, 3.8) is 0 Å². The van der Waals surface area contributed by atoms with Crippen LogP contribution in [0.5, 0.6) is 0 Å². The second-order valence-electron chi connectivity index (χ2n) is 10.7. The Hall–Kier alpha value is -3.17. The van der Waals surface area contributed by atoms with Gasteiger partial charge in [-0.3, -0.25) is 0 Å². The van der Waals surface area contributed by atoms with Crippen LogP contribution in [0.1, 0.15) is 65.7 Å². The van der Waals surface area contributed by atoms with Crippen LogP contribution in [-0.2, 0) is 4.12 Å². The second-order valence-corrected chi connectivity index (χ2v) is 18.2. The first-order chi connectivity index (χ1) is 20.2. The molecule has 0 aliphatic heterocycles. The van der Waals surface area contributed by atoms with Gasteiger partial charge in [0, 0.05) is 6.42 Å². The van der Waals surface area contributed by atoms with E-state index in [1.54, 1.807) is 0 Å².